The lowest BCUT2D eigenvalue weighted by Gasteiger charge is -2.47. The second kappa shape index (κ2) is 11.8. The summed E-state index contributed by atoms with van der Waals surface area (Å²) in [6.45, 7) is 26.7. The molecule has 0 spiro atoms. The second-order valence-corrected chi connectivity index (χ2v) is 21.1. The zero-order valence-corrected chi connectivity index (χ0v) is 24.4. The number of allylic oxidation sites excluding steroid dienone is 1. The number of Topliss-reactive ketones (excluding diaryl/α,β-unsaturated/α-hetero) is 1. The van der Waals surface area contributed by atoms with Gasteiger partial charge < -0.3 is 8.85 Å². The van der Waals surface area contributed by atoms with Crippen LogP contribution >= 0.6 is 0 Å². The van der Waals surface area contributed by atoms with E-state index in [4.69, 9.17) is 8.85 Å². The highest BCUT2D eigenvalue weighted by molar-refractivity contribution is 6.74. The number of rotatable bonds is 12. The number of hydrogen-bond donors (Lipinski definition) is 0. The van der Waals surface area contributed by atoms with E-state index in [0.717, 1.165) is 49.4 Å². The van der Waals surface area contributed by atoms with Crippen molar-refractivity contribution in [1.29, 1.82) is 0 Å². The fourth-order valence-corrected chi connectivity index (χ4v) is 8.92. The van der Waals surface area contributed by atoms with E-state index in [1.165, 1.54) is 0 Å². The zero-order valence-electron chi connectivity index (χ0n) is 22.4. The maximum atomic E-state index is 13.4. The van der Waals surface area contributed by atoms with Crippen molar-refractivity contribution in [3.63, 3.8) is 0 Å². The molecular formula is C26H52O3Si2. The van der Waals surface area contributed by atoms with Crippen LogP contribution in [-0.4, -0.2) is 34.6 Å². The molecule has 0 aliphatic heterocycles. The molecule has 0 aromatic carbocycles. The predicted octanol–water partition coefficient (Wildman–Crippen LogP) is 8.13. The third kappa shape index (κ3) is 7.94. The average Bonchev–Trinajstić information content (AvgIpc) is 2.66. The van der Waals surface area contributed by atoms with E-state index in [2.05, 4.69) is 68.1 Å². The van der Waals surface area contributed by atoms with Gasteiger partial charge in [0.2, 0.25) is 0 Å². The number of carbonyl (C=O) groups is 1. The molecule has 0 aromatic heterocycles. The van der Waals surface area contributed by atoms with Gasteiger partial charge in [0.15, 0.2) is 16.6 Å². The first kappa shape index (κ1) is 28.8. The van der Waals surface area contributed by atoms with Gasteiger partial charge in [-0.05, 0) is 74.8 Å². The summed E-state index contributed by atoms with van der Waals surface area (Å²) >= 11 is 0. The molecule has 0 aromatic rings. The Morgan fingerprint density at radius 2 is 1.52 bits per heavy atom. The first-order valence-corrected chi connectivity index (χ1v) is 18.2. The normalized spacial score (nSPS) is 25.5. The van der Waals surface area contributed by atoms with Crippen molar-refractivity contribution in [1.82, 2.24) is 0 Å². The van der Waals surface area contributed by atoms with Gasteiger partial charge in [-0.15, -0.1) is 6.58 Å². The third-order valence-electron chi connectivity index (χ3n) is 8.20. The zero-order chi connectivity index (χ0) is 24.0. The summed E-state index contributed by atoms with van der Waals surface area (Å²) in [4.78, 5) is 13.4. The van der Waals surface area contributed by atoms with Crippen molar-refractivity contribution in [3.8, 4) is 0 Å². The Bertz CT molecular complexity index is 582. The van der Waals surface area contributed by atoms with Crippen LogP contribution in [0.1, 0.15) is 87.5 Å². The van der Waals surface area contributed by atoms with E-state index < -0.39 is 16.6 Å². The Balaban J connectivity index is 3.09. The van der Waals surface area contributed by atoms with Gasteiger partial charge in [0, 0.05) is 18.4 Å². The Kier molecular flexibility index (Phi) is 10.9. The van der Waals surface area contributed by atoms with E-state index in [0.29, 0.717) is 18.1 Å². The molecular weight excluding hydrogens is 416 g/mol. The molecule has 5 heteroatoms. The van der Waals surface area contributed by atoms with Gasteiger partial charge in [-0.1, -0.05) is 54.0 Å². The van der Waals surface area contributed by atoms with E-state index in [9.17, 15) is 4.79 Å². The lowest BCUT2D eigenvalue weighted by atomic mass is 9.76. The van der Waals surface area contributed by atoms with Crippen LogP contribution in [0.2, 0.25) is 36.3 Å². The predicted molar refractivity (Wildman–Crippen MR) is 140 cm³/mol. The number of carbonyl (C=O) groups excluding carboxylic acids is 1. The van der Waals surface area contributed by atoms with Gasteiger partial charge in [0.25, 0.3) is 0 Å². The summed E-state index contributed by atoms with van der Waals surface area (Å²) in [5.74, 6) is 0.783. The summed E-state index contributed by atoms with van der Waals surface area (Å²) in [5, 5.41) is 0.145. The molecule has 0 N–H and O–H groups in total. The van der Waals surface area contributed by atoms with Crippen LogP contribution in [0.4, 0.5) is 0 Å². The van der Waals surface area contributed by atoms with Crippen LogP contribution in [0.25, 0.3) is 0 Å². The van der Waals surface area contributed by atoms with E-state index >= 15 is 0 Å². The van der Waals surface area contributed by atoms with Crippen LogP contribution < -0.4 is 0 Å². The van der Waals surface area contributed by atoms with Crippen molar-refractivity contribution in [3.05, 3.63) is 12.2 Å². The molecule has 0 heterocycles. The molecule has 31 heavy (non-hydrogen) atoms. The summed E-state index contributed by atoms with van der Waals surface area (Å²) in [6, 6.07) is 3.47. The highest BCUT2D eigenvalue weighted by Crippen LogP contribution is 2.43. The second-order valence-electron chi connectivity index (χ2n) is 11.6. The van der Waals surface area contributed by atoms with E-state index in [1.54, 1.807) is 0 Å². The average molecular weight is 469 g/mol. The molecule has 1 aliphatic rings. The van der Waals surface area contributed by atoms with Crippen molar-refractivity contribution < 1.29 is 13.6 Å². The van der Waals surface area contributed by atoms with Crippen LogP contribution in [-0.2, 0) is 13.6 Å². The van der Waals surface area contributed by atoms with Crippen molar-refractivity contribution in [2.75, 3.05) is 0 Å². The summed E-state index contributed by atoms with van der Waals surface area (Å²) in [5.41, 5.74) is 1.16. The minimum atomic E-state index is -1.95. The smallest absolute Gasteiger partial charge is 0.192 e. The SMILES string of the molecule is C=C(C)CCCC(=O)[C@H]1CC(O[Si](CC)(CC)CC)[C@H](C)C[C@@H]1O[Si](C)(C)C(C)(C)C. The molecule has 0 bridgehead atoms. The number of ketones is 1. The standard InChI is InChI=1S/C26H52O3Si2/c1-12-31(13-2,14-3)29-24-19-22(23(27)17-15-16-20(4)5)25(18-21(24)6)28-30(10,11)26(7,8)9/h21-22,24-25H,4,12-19H2,1-3,5-11H3/t21-,22-,24?,25+/m1/s1. The molecule has 3 nitrogen and oxygen atoms in total. The Morgan fingerprint density at radius 1 is 0.968 bits per heavy atom. The van der Waals surface area contributed by atoms with Gasteiger partial charge in [0.05, 0.1) is 6.10 Å². The molecule has 0 amide bonds. The topological polar surface area (TPSA) is 35.5 Å². The molecule has 1 saturated carbocycles. The summed E-state index contributed by atoms with van der Waals surface area (Å²) < 4.78 is 13.8. The Morgan fingerprint density at radius 3 is 1.97 bits per heavy atom. The Labute approximate surface area is 196 Å². The lowest BCUT2D eigenvalue weighted by molar-refractivity contribution is -0.131. The summed E-state index contributed by atoms with van der Waals surface area (Å²) in [6.07, 6.45) is 4.47. The monoisotopic (exact) mass is 468 g/mol. The van der Waals surface area contributed by atoms with Crippen molar-refractivity contribution >= 4 is 22.4 Å². The quantitative estimate of drug-likeness (QED) is 0.214. The van der Waals surface area contributed by atoms with Gasteiger partial charge in [-0.3, -0.25) is 4.79 Å². The fourth-order valence-electron chi connectivity index (χ4n) is 4.58. The van der Waals surface area contributed by atoms with Crippen molar-refractivity contribution in [2.24, 2.45) is 11.8 Å². The number of hydrogen-bond acceptors (Lipinski definition) is 3. The van der Waals surface area contributed by atoms with Crippen LogP contribution in [0, 0.1) is 11.8 Å². The fraction of sp³-hybridized carbons (Fsp3) is 0.885. The van der Waals surface area contributed by atoms with Crippen molar-refractivity contribution in [2.45, 2.75) is 136 Å². The van der Waals surface area contributed by atoms with Gasteiger partial charge in [0.1, 0.15) is 5.78 Å². The highest BCUT2D eigenvalue weighted by atomic mass is 28.4. The van der Waals surface area contributed by atoms with Crippen LogP contribution in [0.15, 0.2) is 12.2 Å². The summed E-state index contributed by atoms with van der Waals surface area (Å²) in [7, 11) is -3.65. The van der Waals surface area contributed by atoms with Gasteiger partial charge >= 0.3 is 0 Å². The third-order valence-corrected chi connectivity index (χ3v) is 17.4. The van der Waals surface area contributed by atoms with E-state index in [1.807, 2.05) is 6.92 Å². The molecule has 1 unspecified atom stereocenters. The highest BCUT2D eigenvalue weighted by Gasteiger charge is 2.47. The van der Waals surface area contributed by atoms with Crippen LogP contribution in [0.3, 0.4) is 0 Å². The molecule has 1 aliphatic carbocycles. The molecule has 182 valence electrons. The Hall–Kier alpha value is -0.236. The molecule has 0 radical (unpaired) electrons. The first-order valence-electron chi connectivity index (χ1n) is 12.7. The van der Waals surface area contributed by atoms with Crippen LogP contribution in [0.5, 0.6) is 0 Å². The minimum Gasteiger partial charge on any atom is -0.414 e. The van der Waals surface area contributed by atoms with E-state index in [-0.39, 0.29) is 23.2 Å². The maximum absolute atomic E-state index is 13.4. The minimum absolute atomic E-state index is 0.0299. The maximum Gasteiger partial charge on any atom is 0.192 e. The molecule has 1 rings (SSSR count). The molecule has 4 atom stereocenters. The first-order chi connectivity index (χ1) is 14.2. The largest absolute Gasteiger partial charge is 0.414 e. The molecule has 1 fully saturated rings. The molecule has 0 saturated heterocycles. The lowest BCUT2D eigenvalue weighted by Crippen LogP contribution is -2.53. The van der Waals surface area contributed by atoms with Gasteiger partial charge in [-0.2, -0.15) is 0 Å². The van der Waals surface area contributed by atoms with Gasteiger partial charge in [-0.25, -0.2) is 0 Å².